The smallest absolute Gasteiger partial charge is 0.305 e. The number of rotatable bonds is 14. The van der Waals surface area contributed by atoms with Crippen LogP contribution in [-0.4, -0.2) is 93.1 Å². The van der Waals surface area contributed by atoms with Crippen LogP contribution < -0.4 is 0 Å². The second-order valence-electron chi connectivity index (χ2n) is 11.5. The molecule has 0 saturated carbocycles. The molecule has 9 nitrogen and oxygen atoms in total. The van der Waals surface area contributed by atoms with Crippen molar-refractivity contribution in [2.75, 3.05) is 52.9 Å². The summed E-state index contributed by atoms with van der Waals surface area (Å²) in [6.07, 6.45) is 14.0. The normalized spacial score (nSPS) is 18.4. The summed E-state index contributed by atoms with van der Waals surface area (Å²) in [7, 11) is 1.44. The van der Waals surface area contributed by atoms with E-state index in [4.69, 9.17) is 4.74 Å². The van der Waals surface area contributed by atoms with Gasteiger partial charge < -0.3 is 24.1 Å². The number of methoxy groups -OCH3 is 1. The summed E-state index contributed by atoms with van der Waals surface area (Å²) in [6, 6.07) is 0. The third kappa shape index (κ3) is 8.38. The largest absolute Gasteiger partial charge is 0.469 e. The number of nitrogens with one attached hydrogen (secondary N) is 1. The van der Waals surface area contributed by atoms with Crippen molar-refractivity contribution in [2.24, 2.45) is 11.3 Å². The molecule has 37 heavy (non-hydrogen) atoms. The van der Waals surface area contributed by atoms with Crippen LogP contribution in [0.15, 0.2) is 24.8 Å². The number of hydrogen-bond acceptors (Lipinski definition) is 7. The Bertz CT molecular complexity index is 934. The highest BCUT2D eigenvalue weighted by atomic mass is 16.5. The lowest BCUT2D eigenvalue weighted by molar-refractivity contribution is -0.140. The number of piperidine rings is 1. The molecular formula is C28H47N7O2. The molecule has 0 unspecified atom stereocenters. The standard InChI is InChI=1S/C28H47N7O2/c1-24(2)20-32-16-7-28(8-17-32)9-18-33(23-28)14-5-15-35-19-12-31-26(35)22-34(13-4-6-27(36)37-3)21-25-29-10-11-30-25/h10-12,19,24H,4-9,13-18,20-23H2,1-3H3,(H,29,30). The Morgan fingerprint density at radius 2 is 1.86 bits per heavy atom. The molecule has 9 heteroatoms. The van der Waals surface area contributed by atoms with Gasteiger partial charge in [-0.2, -0.15) is 0 Å². The Kier molecular flexibility index (Phi) is 10.2. The molecule has 0 aliphatic carbocycles. The van der Waals surface area contributed by atoms with Gasteiger partial charge in [0.15, 0.2) is 0 Å². The van der Waals surface area contributed by atoms with Gasteiger partial charge in [0.05, 0.1) is 20.2 Å². The number of carbonyl (C=O) groups excluding carboxylic acids is 1. The number of nitrogens with zero attached hydrogens (tertiary/aromatic N) is 6. The predicted octanol–water partition coefficient (Wildman–Crippen LogP) is 3.40. The second-order valence-corrected chi connectivity index (χ2v) is 11.5. The Labute approximate surface area is 222 Å². The first-order valence-corrected chi connectivity index (χ1v) is 14.2. The molecular weight excluding hydrogens is 466 g/mol. The van der Waals surface area contributed by atoms with Crippen LogP contribution in [0.1, 0.15) is 64.0 Å². The van der Waals surface area contributed by atoms with Gasteiger partial charge in [-0.3, -0.25) is 9.69 Å². The van der Waals surface area contributed by atoms with E-state index in [2.05, 4.69) is 54.3 Å². The zero-order chi connectivity index (χ0) is 26.1. The molecule has 0 bridgehead atoms. The number of carbonyl (C=O) groups is 1. The highest BCUT2D eigenvalue weighted by Gasteiger charge is 2.40. The Morgan fingerprint density at radius 3 is 2.57 bits per heavy atom. The predicted molar refractivity (Wildman–Crippen MR) is 145 cm³/mol. The Morgan fingerprint density at radius 1 is 1.08 bits per heavy atom. The molecule has 0 amide bonds. The van der Waals surface area contributed by atoms with Gasteiger partial charge in [0, 0.05) is 50.8 Å². The van der Waals surface area contributed by atoms with E-state index in [1.165, 1.54) is 59.1 Å². The first-order valence-electron chi connectivity index (χ1n) is 14.2. The minimum Gasteiger partial charge on any atom is -0.469 e. The first kappa shape index (κ1) is 27.8. The lowest BCUT2D eigenvalue weighted by Gasteiger charge is -2.40. The maximum Gasteiger partial charge on any atom is 0.305 e. The summed E-state index contributed by atoms with van der Waals surface area (Å²) in [5.74, 6) is 2.60. The molecule has 1 spiro atoms. The second kappa shape index (κ2) is 13.5. The van der Waals surface area contributed by atoms with Crippen molar-refractivity contribution >= 4 is 5.97 Å². The molecule has 2 fully saturated rings. The van der Waals surface area contributed by atoms with Gasteiger partial charge in [-0.25, -0.2) is 9.97 Å². The zero-order valence-corrected chi connectivity index (χ0v) is 23.2. The summed E-state index contributed by atoms with van der Waals surface area (Å²) in [4.78, 5) is 31.5. The molecule has 0 aromatic carbocycles. The topological polar surface area (TPSA) is 82.5 Å². The number of imidazole rings is 2. The number of aromatic nitrogens is 4. The van der Waals surface area contributed by atoms with Crippen LogP contribution in [0.25, 0.3) is 0 Å². The van der Waals surface area contributed by atoms with Crippen LogP contribution >= 0.6 is 0 Å². The van der Waals surface area contributed by atoms with Crippen LogP contribution in [0.3, 0.4) is 0 Å². The van der Waals surface area contributed by atoms with Gasteiger partial charge in [-0.05, 0) is 76.2 Å². The maximum atomic E-state index is 11.6. The highest BCUT2D eigenvalue weighted by molar-refractivity contribution is 5.69. The van der Waals surface area contributed by atoms with Gasteiger partial charge in [0.2, 0.25) is 0 Å². The quantitative estimate of drug-likeness (QED) is 0.388. The highest BCUT2D eigenvalue weighted by Crippen LogP contribution is 2.40. The number of H-pyrrole nitrogens is 1. The third-order valence-corrected chi connectivity index (χ3v) is 8.11. The van der Waals surface area contributed by atoms with Crippen LogP contribution in [-0.2, 0) is 29.2 Å². The summed E-state index contributed by atoms with van der Waals surface area (Å²) in [5.41, 5.74) is 0.560. The summed E-state index contributed by atoms with van der Waals surface area (Å²) >= 11 is 0. The molecule has 2 aliphatic rings. The van der Waals surface area contributed by atoms with E-state index >= 15 is 0 Å². The summed E-state index contributed by atoms with van der Waals surface area (Å²) in [5, 5.41) is 0. The van der Waals surface area contributed by atoms with Gasteiger partial charge in [0.25, 0.3) is 0 Å². The van der Waals surface area contributed by atoms with Crippen molar-refractivity contribution in [3.8, 4) is 0 Å². The fourth-order valence-corrected chi connectivity index (χ4v) is 6.07. The van der Waals surface area contributed by atoms with E-state index in [-0.39, 0.29) is 5.97 Å². The minimum atomic E-state index is -0.163. The Balaban J connectivity index is 1.23. The Hall–Kier alpha value is -2.23. The number of aromatic amines is 1. The van der Waals surface area contributed by atoms with Crippen LogP contribution in [0.5, 0.6) is 0 Å². The lowest BCUT2D eigenvalue weighted by atomic mass is 9.77. The molecule has 1 N–H and O–H groups in total. The van der Waals surface area contributed by atoms with Crippen molar-refractivity contribution in [3.05, 3.63) is 36.4 Å². The molecule has 2 aromatic heterocycles. The van der Waals surface area contributed by atoms with Crippen LogP contribution in [0, 0.1) is 11.3 Å². The molecule has 2 aliphatic heterocycles. The van der Waals surface area contributed by atoms with Gasteiger partial charge >= 0.3 is 5.97 Å². The lowest BCUT2D eigenvalue weighted by Crippen LogP contribution is -2.42. The van der Waals surface area contributed by atoms with Crippen molar-refractivity contribution in [2.45, 2.75) is 72.0 Å². The number of esters is 1. The fraction of sp³-hybridized carbons (Fsp3) is 0.750. The summed E-state index contributed by atoms with van der Waals surface area (Å²) in [6.45, 7) is 15.3. The van der Waals surface area contributed by atoms with Gasteiger partial charge in [-0.15, -0.1) is 0 Å². The van der Waals surface area contributed by atoms with E-state index < -0.39 is 0 Å². The summed E-state index contributed by atoms with van der Waals surface area (Å²) < 4.78 is 7.10. The van der Waals surface area contributed by atoms with Crippen LogP contribution in [0.2, 0.25) is 0 Å². The molecule has 2 aromatic rings. The average molecular weight is 514 g/mol. The zero-order valence-electron chi connectivity index (χ0n) is 23.2. The number of aryl methyl sites for hydroxylation is 1. The van der Waals surface area contributed by atoms with Crippen molar-refractivity contribution in [3.63, 3.8) is 0 Å². The first-order chi connectivity index (χ1) is 17.9. The monoisotopic (exact) mass is 513 g/mol. The van der Waals surface area contributed by atoms with Gasteiger partial charge in [0.1, 0.15) is 11.6 Å². The van der Waals surface area contributed by atoms with E-state index in [1.807, 2.05) is 12.4 Å². The maximum absolute atomic E-state index is 11.6. The number of hydrogen-bond donors (Lipinski definition) is 1. The van der Waals surface area contributed by atoms with Crippen molar-refractivity contribution < 1.29 is 9.53 Å². The fourth-order valence-electron chi connectivity index (χ4n) is 6.07. The SMILES string of the molecule is COC(=O)CCCN(Cc1ncc[nH]1)Cc1nccn1CCCN1CCC2(CCN(CC(C)C)CC2)C1. The molecule has 0 atom stereocenters. The van der Waals surface area contributed by atoms with E-state index in [0.29, 0.717) is 18.4 Å². The average Bonchev–Trinajstić information content (AvgIpc) is 3.63. The molecule has 2 saturated heterocycles. The van der Waals surface area contributed by atoms with Gasteiger partial charge in [-0.1, -0.05) is 13.8 Å². The molecule has 4 rings (SSSR count). The molecule has 4 heterocycles. The molecule has 0 radical (unpaired) electrons. The van der Waals surface area contributed by atoms with Crippen molar-refractivity contribution in [1.29, 1.82) is 0 Å². The van der Waals surface area contributed by atoms with E-state index in [0.717, 1.165) is 56.6 Å². The number of likely N-dealkylation sites (tertiary alicyclic amines) is 2. The van der Waals surface area contributed by atoms with E-state index in [1.54, 1.807) is 6.20 Å². The van der Waals surface area contributed by atoms with E-state index in [9.17, 15) is 4.79 Å². The van der Waals surface area contributed by atoms with Crippen LogP contribution in [0.4, 0.5) is 0 Å². The third-order valence-electron chi connectivity index (χ3n) is 8.11. The number of ether oxygens (including phenoxy) is 1. The minimum absolute atomic E-state index is 0.163. The molecule has 206 valence electrons. The van der Waals surface area contributed by atoms with Crippen molar-refractivity contribution in [1.82, 2.24) is 34.2 Å².